The molecule has 1 heterocycles. The average Bonchev–Trinajstić information content (AvgIpc) is 2.71. The van der Waals surface area contributed by atoms with E-state index in [1.807, 2.05) is 75.4 Å². The molecule has 0 radical (unpaired) electrons. The molecule has 0 N–H and O–H groups in total. The van der Waals surface area contributed by atoms with E-state index >= 15 is 0 Å². The lowest BCUT2D eigenvalue weighted by Gasteiger charge is -2.21. The average molecular weight is 376 g/mol. The molecule has 28 heavy (non-hydrogen) atoms. The Morgan fingerprint density at radius 2 is 1.68 bits per heavy atom. The summed E-state index contributed by atoms with van der Waals surface area (Å²) in [5.74, 6) is -0.749. The molecule has 2 aromatic carbocycles. The van der Waals surface area contributed by atoms with E-state index in [9.17, 15) is 9.59 Å². The molecule has 0 spiro atoms. The largest absolute Gasteiger partial charge is 0.452 e. The zero-order valence-electron chi connectivity index (χ0n) is 16.6. The first-order valence-corrected chi connectivity index (χ1v) is 9.27. The lowest BCUT2D eigenvalue weighted by molar-refractivity contribution is -0.134. The maximum atomic E-state index is 12.9. The maximum Gasteiger partial charge on any atom is 0.339 e. The van der Waals surface area contributed by atoms with Crippen LogP contribution >= 0.6 is 0 Å². The first kappa shape index (κ1) is 19.5. The van der Waals surface area contributed by atoms with E-state index in [0.717, 1.165) is 16.8 Å². The number of carbonyl (C=O) groups excluding carboxylic acids is 2. The van der Waals surface area contributed by atoms with Gasteiger partial charge in [0, 0.05) is 24.0 Å². The third-order valence-corrected chi connectivity index (χ3v) is 4.88. The minimum Gasteiger partial charge on any atom is -0.452 e. The number of ether oxygens (including phenoxy) is 1. The van der Waals surface area contributed by atoms with Crippen molar-refractivity contribution in [1.29, 1.82) is 0 Å². The lowest BCUT2D eigenvalue weighted by Crippen LogP contribution is -2.36. The van der Waals surface area contributed by atoms with Crippen molar-refractivity contribution in [1.82, 2.24) is 9.88 Å². The number of pyridine rings is 1. The Kier molecular flexibility index (Phi) is 5.73. The summed E-state index contributed by atoms with van der Waals surface area (Å²) < 4.78 is 5.38. The molecule has 3 rings (SSSR count). The number of amides is 1. The van der Waals surface area contributed by atoms with Crippen molar-refractivity contribution in [2.75, 3.05) is 13.7 Å². The van der Waals surface area contributed by atoms with Crippen molar-refractivity contribution in [2.24, 2.45) is 0 Å². The van der Waals surface area contributed by atoms with Gasteiger partial charge in [-0.3, -0.25) is 4.79 Å². The Bertz CT molecular complexity index is 1010. The van der Waals surface area contributed by atoms with Crippen LogP contribution < -0.4 is 0 Å². The van der Waals surface area contributed by atoms with E-state index in [1.165, 1.54) is 0 Å². The molecule has 0 atom stereocenters. The van der Waals surface area contributed by atoms with Crippen LogP contribution in [-0.4, -0.2) is 41.5 Å². The first-order chi connectivity index (χ1) is 13.4. The highest BCUT2D eigenvalue weighted by atomic mass is 16.5. The van der Waals surface area contributed by atoms with Crippen LogP contribution in [0.1, 0.15) is 29.8 Å². The van der Waals surface area contributed by atoms with Gasteiger partial charge >= 0.3 is 5.97 Å². The lowest BCUT2D eigenvalue weighted by atomic mass is 9.98. The summed E-state index contributed by atoms with van der Waals surface area (Å²) in [6, 6.07) is 17.2. The highest BCUT2D eigenvalue weighted by Gasteiger charge is 2.21. The molecule has 1 aromatic heterocycles. The number of esters is 1. The van der Waals surface area contributed by atoms with Crippen LogP contribution in [0.15, 0.2) is 54.6 Å². The number of benzene rings is 2. The summed E-state index contributed by atoms with van der Waals surface area (Å²) in [7, 11) is 1.70. The molecule has 3 aromatic rings. The quantitative estimate of drug-likeness (QED) is 0.625. The SMILES string of the molecule is Cc1c(-c2ccccc2)nc2ccccc2c1C(=O)OCC(=O)N(C)C(C)C. The van der Waals surface area contributed by atoms with Gasteiger partial charge in [-0.2, -0.15) is 0 Å². The smallest absolute Gasteiger partial charge is 0.339 e. The van der Waals surface area contributed by atoms with E-state index in [-0.39, 0.29) is 18.6 Å². The van der Waals surface area contributed by atoms with Crippen LogP contribution in [0, 0.1) is 6.92 Å². The molecule has 0 aliphatic heterocycles. The Labute approximate surface area is 165 Å². The molecule has 1 amide bonds. The Morgan fingerprint density at radius 1 is 1.04 bits per heavy atom. The van der Waals surface area contributed by atoms with Crippen molar-refractivity contribution in [3.63, 3.8) is 0 Å². The number of hydrogen-bond donors (Lipinski definition) is 0. The molecule has 0 aliphatic carbocycles. The minimum absolute atomic E-state index is 0.0411. The zero-order valence-corrected chi connectivity index (χ0v) is 16.6. The van der Waals surface area contributed by atoms with E-state index in [4.69, 9.17) is 9.72 Å². The first-order valence-electron chi connectivity index (χ1n) is 9.27. The molecule has 0 saturated carbocycles. The van der Waals surface area contributed by atoms with Gasteiger partial charge in [-0.15, -0.1) is 0 Å². The predicted octanol–water partition coefficient (Wildman–Crippen LogP) is 4.23. The van der Waals surface area contributed by atoms with Gasteiger partial charge in [0.15, 0.2) is 6.61 Å². The standard InChI is InChI=1S/C23H24N2O3/c1-15(2)25(4)20(26)14-28-23(27)21-16(3)22(17-10-6-5-7-11-17)24-19-13-9-8-12-18(19)21/h5-13,15H,14H2,1-4H3. The minimum atomic E-state index is -0.515. The van der Waals surface area contributed by atoms with E-state index in [0.29, 0.717) is 16.5 Å². The van der Waals surface area contributed by atoms with Gasteiger partial charge < -0.3 is 9.64 Å². The number of likely N-dealkylation sites (N-methyl/N-ethyl adjacent to an activating group) is 1. The van der Waals surface area contributed by atoms with Crippen LogP contribution in [0.3, 0.4) is 0 Å². The molecule has 144 valence electrons. The van der Waals surface area contributed by atoms with E-state index in [1.54, 1.807) is 11.9 Å². The number of hydrogen-bond acceptors (Lipinski definition) is 4. The monoisotopic (exact) mass is 376 g/mol. The Morgan fingerprint density at radius 3 is 2.36 bits per heavy atom. The highest BCUT2D eigenvalue weighted by Crippen LogP contribution is 2.30. The second-order valence-electron chi connectivity index (χ2n) is 7.02. The van der Waals surface area contributed by atoms with Crippen molar-refractivity contribution in [2.45, 2.75) is 26.8 Å². The molecule has 0 aliphatic rings. The predicted molar refractivity (Wildman–Crippen MR) is 110 cm³/mol. The molecular weight excluding hydrogens is 352 g/mol. The number of carbonyl (C=O) groups is 2. The molecule has 0 fully saturated rings. The fraction of sp³-hybridized carbons (Fsp3) is 0.261. The van der Waals surface area contributed by atoms with Crippen LogP contribution in [0.25, 0.3) is 22.2 Å². The second kappa shape index (κ2) is 8.21. The van der Waals surface area contributed by atoms with Crippen LogP contribution in [0.2, 0.25) is 0 Å². The van der Waals surface area contributed by atoms with Gasteiger partial charge in [-0.05, 0) is 32.4 Å². The number of fused-ring (bicyclic) bond motifs is 1. The Balaban J connectivity index is 2.01. The van der Waals surface area contributed by atoms with Gasteiger partial charge in [-0.25, -0.2) is 9.78 Å². The third-order valence-electron chi connectivity index (χ3n) is 4.88. The summed E-state index contributed by atoms with van der Waals surface area (Å²) in [6.45, 7) is 5.39. The van der Waals surface area contributed by atoms with Crippen molar-refractivity contribution in [3.8, 4) is 11.3 Å². The maximum absolute atomic E-state index is 12.9. The van der Waals surface area contributed by atoms with Crippen molar-refractivity contribution < 1.29 is 14.3 Å². The van der Waals surface area contributed by atoms with Crippen LogP contribution in [0.5, 0.6) is 0 Å². The van der Waals surface area contributed by atoms with Gasteiger partial charge in [0.05, 0.1) is 16.8 Å². The fourth-order valence-electron chi connectivity index (χ4n) is 3.04. The summed E-state index contributed by atoms with van der Waals surface area (Å²) >= 11 is 0. The normalized spacial score (nSPS) is 10.9. The molecular formula is C23H24N2O3. The van der Waals surface area contributed by atoms with Crippen LogP contribution in [-0.2, 0) is 9.53 Å². The van der Waals surface area contributed by atoms with Crippen molar-refractivity contribution in [3.05, 3.63) is 65.7 Å². The van der Waals surface area contributed by atoms with Gasteiger partial charge in [0.2, 0.25) is 0 Å². The van der Waals surface area contributed by atoms with Crippen molar-refractivity contribution >= 4 is 22.8 Å². The highest BCUT2D eigenvalue weighted by molar-refractivity contribution is 6.06. The van der Waals surface area contributed by atoms with Gasteiger partial charge in [0.1, 0.15) is 0 Å². The molecule has 0 unspecified atom stereocenters. The second-order valence-corrected chi connectivity index (χ2v) is 7.02. The molecule has 5 heteroatoms. The van der Waals surface area contributed by atoms with Crippen LogP contribution in [0.4, 0.5) is 0 Å². The van der Waals surface area contributed by atoms with Gasteiger partial charge in [0.25, 0.3) is 5.91 Å². The van der Waals surface area contributed by atoms with Gasteiger partial charge in [-0.1, -0.05) is 48.5 Å². The molecule has 0 bridgehead atoms. The van der Waals surface area contributed by atoms with E-state index in [2.05, 4.69) is 0 Å². The fourth-order valence-corrected chi connectivity index (χ4v) is 3.04. The number of para-hydroxylation sites is 1. The number of aromatic nitrogens is 1. The Hall–Kier alpha value is -3.21. The summed E-state index contributed by atoms with van der Waals surface area (Å²) in [6.07, 6.45) is 0. The summed E-state index contributed by atoms with van der Waals surface area (Å²) in [5.41, 5.74) is 3.56. The summed E-state index contributed by atoms with van der Waals surface area (Å²) in [5, 5.41) is 0.717. The molecule has 0 saturated heterocycles. The number of rotatable bonds is 5. The number of nitrogens with zero attached hydrogens (tertiary/aromatic N) is 2. The summed E-state index contributed by atoms with van der Waals surface area (Å²) in [4.78, 5) is 31.4. The zero-order chi connectivity index (χ0) is 20.3. The molecule has 5 nitrogen and oxygen atoms in total. The van der Waals surface area contributed by atoms with E-state index < -0.39 is 5.97 Å². The topological polar surface area (TPSA) is 59.5 Å². The third kappa shape index (κ3) is 3.88.